The highest BCUT2D eigenvalue weighted by Gasteiger charge is 2.34. The van der Waals surface area contributed by atoms with Crippen LogP contribution < -0.4 is 4.74 Å². The number of carbonyl (C=O) groups is 2. The Labute approximate surface area is 111 Å². The van der Waals surface area contributed by atoms with Gasteiger partial charge in [0.25, 0.3) is 0 Å². The topological polar surface area (TPSA) is 66.8 Å². The third-order valence-electron chi connectivity index (χ3n) is 3.15. The number of benzene rings is 1. The molecule has 1 fully saturated rings. The highest BCUT2D eigenvalue weighted by atomic mass is 16.5. The lowest BCUT2D eigenvalue weighted by Gasteiger charge is -2.16. The number of carboxylic acid groups (broad SMARTS) is 1. The van der Waals surface area contributed by atoms with E-state index in [4.69, 9.17) is 9.84 Å². The van der Waals surface area contributed by atoms with Crippen molar-refractivity contribution < 1.29 is 19.4 Å². The minimum absolute atomic E-state index is 0.0977. The summed E-state index contributed by atoms with van der Waals surface area (Å²) in [4.78, 5) is 24.2. The standard InChI is InChI=1S/C14H17NO4/c1-2-19-12-5-3-4-10(6-12)8-15-9-11(14(17)18)7-13(15)16/h3-6,11H,2,7-9H2,1H3,(H,17,18)/t11-/m0/s1. The van der Waals surface area contributed by atoms with Crippen LogP contribution in [-0.4, -0.2) is 35.0 Å². The van der Waals surface area contributed by atoms with Gasteiger partial charge in [0, 0.05) is 19.5 Å². The predicted molar refractivity (Wildman–Crippen MR) is 68.8 cm³/mol. The van der Waals surface area contributed by atoms with Crippen LogP contribution >= 0.6 is 0 Å². The summed E-state index contributed by atoms with van der Waals surface area (Å²) in [5.74, 6) is -0.822. The molecule has 0 spiro atoms. The fraction of sp³-hybridized carbons (Fsp3) is 0.429. The third kappa shape index (κ3) is 3.24. The maximum atomic E-state index is 11.7. The number of rotatable bonds is 5. The van der Waals surface area contributed by atoms with Crippen LogP contribution in [-0.2, 0) is 16.1 Å². The molecule has 0 aliphatic carbocycles. The summed E-state index contributed by atoms with van der Waals surface area (Å²) in [5.41, 5.74) is 0.949. The van der Waals surface area contributed by atoms with Crippen molar-refractivity contribution in [2.24, 2.45) is 5.92 Å². The molecular formula is C14H17NO4. The van der Waals surface area contributed by atoms with E-state index in [0.29, 0.717) is 13.2 Å². The largest absolute Gasteiger partial charge is 0.494 e. The van der Waals surface area contributed by atoms with Gasteiger partial charge in [-0.25, -0.2) is 0 Å². The van der Waals surface area contributed by atoms with E-state index in [1.165, 1.54) is 0 Å². The Hall–Kier alpha value is -2.04. The van der Waals surface area contributed by atoms with Gasteiger partial charge in [-0.15, -0.1) is 0 Å². The number of amides is 1. The van der Waals surface area contributed by atoms with Crippen LogP contribution in [0.15, 0.2) is 24.3 Å². The SMILES string of the molecule is CCOc1cccc(CN2C[C@@H](C(=O)O)CC2=O)c1. The van der Waals surface area contributed by atoms with Crippen LogP contribution in [0.1, 0.15) is 18.9 Å². The van der Waals surface area contributed by atoms with Crippen LogP contribution in [0.5, 0.6) is 5.75 Å². The van der Waals surface area contributed by atoms with Crippen LogP contribution in [0, 0.1) is 5.92 Å². The minimum Gasteiger partial charge on any atom is -0.494 e. The lowest BCUT2D eigenvalue weighted by atomic mass is 10.1. The summed E-state index contributed by atoms with van der Waals surface area (Å²) >= 11 is 0. The average molecular weight is 263 g/mol. The van der Waals surface area contributed by atoms with Gasteiger partial charge in [-0.1, -0.05) is 12.1 Å². The van der Waals surface area contributed by atoms with Gasteiger partial charge in [-0.05, 0) is 24.6 Å². The molecule has 1 aliphatic rings. The first-order valence-corrected chi connectivity index (χ1v) is 6.32. The maximum Gasteiger partial charge on any atom is 0.308 e. The summed E-state index contributed by atoms with van der Waals surface area (Å²) in [6.07, 6.45) is 0.0977. The van der Waals surface area contributed by atoms with Gasteiger partial charge in [-0.2, -0.15) is 0 Å². The van der Waals surface area contributed by atoms with E-state index >= 15 is 0 Å². The van der Waals surface area contributed by atoms with E-state index in [0.717, 1.165) is 11.3 Å². The molecule has 0 saturated carbocycles. The molecule has 1 heterocycles. The van der Waals surface area contributed by atoms with Crippen LogP contribution in [0.3, 0.4) is 0 Å². The van der Waals surface area contributed by atoms with E-state index in [1.54, 1.807) is 4.90 Å². The zero-order valence-electron chi connectivity index (χ0n) is 10.8. The maximum absolute atomic E-state index is 11.7. The predicted octanol–water partition coefficient (Wildman–Crippen LogP) is 1.52. The van der Waals surface area contributed by atoms with Crippen LogP contribution in [0.2, 0.25) is 0 Å². The van der Waals surface area contributed by atoms with Crippen molar-refractivity contribution in [3.05, 3.63) is 29.8 Å². The molecule has 5 heteroatoms. The zero-order valence-corrected chi connectivity index (χ0v) is 10.8. The quantitative estimate of drug-likeness (QED) is 0.874. The summed E-state index contributed by atoms with van der Waals surface area (Å²) < 4.78 is 5.40. The number of carbonyl (C=O) groups excluding carboxylic acids is 1. The normalized spacial score (nSPS) is 18.7. The number of likely N-dealkylation sites (tertiary alicyclic amines) is 1. The van der Waals surface area contributed by atoms with Gasteiger partial charge in [0.15, 0.2) is 0 Å². The Kier molecular flexibility index (Phi) is 4.04. The second kappa shape index (κ2) is 5.73. The molecule has 102 valence electrons. The van der Waals surface area contributed by atoms with Crippen molar-refractivity contribution in [3.8, 4) is 5.75 Å². The third-order valence-corrected chi connectivity index (χ3v) is 3.15. The number of carboxylic acids is 1. The van der Waals surface area contributed by atoms with Gasteiger partial charge < -0.3 is 14.7 Å². The van der Waals surface area contributed by atoms with Crippen molar-refractivity contribution in [2.75, 3.05) is 13.2 Å². The zero-order chi connectivity index (χ0) is 13.8. The van der Waals surface area contributed by atoms with Gasteiger partial charge in [0.2, 0.25) is 5.91 Å². The Balaban J connectivity index is 2.03. The van der Waals surface area contributed by atoms with Crippen LogP contribution in [0.4, 0.5) is 0 Å². The molecular weight excluding hydrogens is 246 g/mol. The molecule has 0 radical (unpaired) electrons. The van der Waals surface area contributed by atoms with Gasteiger partial charge in [0.05, 0.1) is 12.5 Å². The first-order chi connectivity index (χ1) is 9.10. The Morgan fingerprint density at radius 1 is 1.53 bits per heavy atom. The highest BCUT2D eigenvalue weighted by molar-refractivity contribution is 5.86. The summed E-state index contributed by atoms with van der Waals surface area (Å²) in [7, 11) is 0. The molecule has 0 bridgehead atoms. The van der Waals surface area contributed by atoms with Crippen molar-refractivity contribution in [1.82, 2.24) is 4.90 Å². The monoisotopic (exact) mass is 263 g/mol. The second-order valence-electron chi connectivity index (χ2n) is 4.59. The number of nitrogens with zero attached hydrogens (tertiary/aromatic N) is 1. The Morgan fingerprint density at radius 2 is 2.32 bits per heavy atom. The smallest absolute Gasteiger partial charge is 0.308 e. The lowest BCUT2D eigenvalue weighted by molar-refractivity contribution is -0.141. The minimum atomic E-state index is -0.904. The van der Waals surface area contributed by atoms with Gasteiger partial charge >= 0.3 is 5.97 Å². The number of hydrogen-bond donors (Lipinski definition) is 1. The molecule has 1 amide bonds. The molecule has 19 heavy (non-hydrogen) atoms. The van der Waals surface area contributed by atoms with E-state index in [9.17, 15) is 9.59 Å². The van der Waals surface area contributed by atoms with E-state index in [-0.39, 0.29) is 18.9 Å². The van der Waals surface area contributed by atoms with Gasteiger partial charge in [0.1, 0.15) is 5.75 Å². The molecule has 2 rings (SSSR count). The first-order valence-electron chi connectivity index (χ1n) is 6.32. The Bertz CT molecular complexity index is 486. The molecule has 1 N–H and O–H groups in total. The van der Waals surface area contributed by atoms with Gasteiger partial charge in [-0.3, -0.25) is 9.59 Å². The number of hydrogen-bond acceptors (Lipinski definition) is 3. The first kappa shape index (κ1) is 13.4. The second-order valence-corrected chi connectivity index (χ2v) is 4.59. The fourth-order valence-electron chi connectivity index (χ4n) is 2.21. The molecule has 1 saturated heterocycles. The molecule has 0 aromatic heterocycles. The van der Waals surface area contributed by atoms with Crippen molar-refractivity contribution >= 4 is 11.9 Å². The summed E-state index contributed by atoms with van der Waals surface area (Å²) in [6, 6.07) is 7.52. The molecule has 1 aliphatic heterocycles. The van der Waals surface area contributed by atoms with Crippen molar-refractivity contribution in [3.63, 3.8) is 0 Å². The van der Waals surface area contributed by atoms with E-state index < -0.39 is 11.9 Å². The van der Waals surface area contributed by atoms with E-state index in [1.807, 2.05) is 31.2 Å². The number of aliphatic carboxylic acids is 1. The molecule has 1 atom stereocenters. The Morgan fingerprint density at radius 3 is 2.95 bits per heavy atom. The highest BCUT2D eigenvalue weighted by Crippen LogP contribution is 2.22. The van der Waals surface area contributed by atoms with E-state index in [2.05, 4.69) is 0 Å². The van der Waals surface area contributed by atoms with Crippen LogP contribution in [0.25, 0.3) is 0 Å². The summed E-state index contributed by atoms with van der Waals surface area (Å²) in [6.45, 7) is 3.22. The fourth-order valence-corrected chi connectivity index (χ4v) is 2.21. The molecule has 1 aromatic rings. The molecule has 1 aromatic carbocycles. The number of ether oxygens (including phenoxy) is 1. The lowest BCUT2D eigenvalue weighted by Crippen LogP contribution is -2.25. The average Bonchev–Trinajstić information content (AvgIpc) is 2.72. The van der Waals surface area contributed by atoms with Crippen molar-refractivity contribution in [1.29, 1.82) is 0 Å². The van der Waals surface area contributed by atoms with Crippen molar-refractivity contribution in [2.45, 2.75) is 19.9 Å². The molecule has 0 unspecified atom stereocenters. The summed E-state index contributed by atoms with van der Waals surface area (Å²) in [5, 5.41) is 8.93. The molecule has 5 nitrogen and oxygen atoms in total.